The number of esters is 1. The van der Waals surface area contributed by atoms with Crippen LogP contribution in [0.15, 0.2) is 60.7 Å². The second-order valence-electron chi connectivity index (χ2n) is 4.93. The van der Waals surface area contributed by atoms with Crippen molar-refractivity contribution in [2.45, 2.75) is 13.0 Å². The summed E-state index contributed by atoms with van der Waals surface area (Å²) in [6.45, 7) is 2.40. The van der Waals surface area contributed by atoms with Gasteiger partial charge in [-0.15, -0.1) is 0 Å². The summed E-state index contributed by atoms with van der Waals surface area (Å²) in [4.78, 5) is 23.6. The van der Waals surface area contributed by atoms with E-state index in [-0.39, 0.29) is 0 Å². The first-order chi connectivity index (χ1) is 11.6. The second kappa shape index (κ2) is 8.53. The molecule has 1 amide bonds. The fourth-order valence-corrected chi connectivity index (χ4v) is 2.14. The summed E-state index contributed by atoms with van der Waals surface area (Å²) in [5, 5.41) is 0. The van der Waals surface area contributed by atoms with Crippen molar-refractivity contribution in [3.8, 4) is 5.75 Å². The number of rotatable bonds is 7. The molecule has 1 unspecified atom stereocenters. The van der Waals surface area contributed by atoms with Gasteiger partial charge in [0.25, 0.3) is 5.91 Å². The van der Waals surface area contributed by atoms with Crippen LogP contribution >= 0.6 is 0 Å². The van der Waals surface area contributed by atoms with Gasteiger partial charge in [0, 0.05) is 17.2 Å². The maximum atomic E-state index is 12.0. The highest BCUT2D eigenvalue weighted by Gasteiger charge is 2.21. The van der Waals surface area contributed by atoms with Crippen LogP contribution < -0.4 is 10.5 Å². The summed E-state index contributed by atoms with van der Waals surface area (Å²) >= 11 is 0. The third kappa shape index (κ3) is 4.71. The minimum Gasteiger partial charge on any atom is -0.493 e. The molecule has 2 N–H and O–H groups in total. The van der Waals surface area contributed by atoms with E-state index < -0.39 is 18.0 Å². The van der Waals surface area contributed by atoms with Crippen molar-refractivity contribution in [3.05, 3.63) is 71.8 Å². The highest BCUT2D eigenvalue weighted by molar-refractivity contribution is 5.90. The zero-order valence-corrected chi connectivity index (χ0v) is 13.3. The monoisotopic (exact) mass is 325 g/mol. The number of carbonyl (C=O) groups excluding carboxylic acids is 2. The van der Waals surface area contributed by atoms with E-state index in [4.69, 9.17) is 15.2 Å². The maximum Gasteiger partial charge on any atom is 0.331 e. The Morgan fingerprint density at radius 1 is 1.08 bits per heavy atom. The number of carbonyl (C=O) groups is 2. The second-order valence-corrected chi connectivity index (χ2v) is 4.93. The van der Waals surface area contributed by atoms with Gasteiger partial charge in [-0.3, -0.25) is 4.79 Å². The lowest BCUT2D eigenvalue weighted by Crippen LogP contribution is -2.25. The van der Waals surface area contributed by atoms with Crippen LogP contribution in [0.2, 0.25) is 0 Å². The molecule has 0 saturated heterocycles. The predicted molar refractivity (Wildman–Crippen MR) is 91.1 cm³/mol. The molecule has 0 aliphatic carbocycles. The summed E-state index contributed by atoms with van der Waals surface area (Å²) in [5.74, 6) is -0.717. The summed E-state index contributed by atoms with van der Waals surface area (Å²) in [6, 6.07) is 16.0. The Hall–Kier alpha value is -3.08. The van der Waals surface area contributed by atoms with Crippen molar-refractivity contribution in [2.24, 2.45) is 5.73 Å². The van der Waals surface area contributed by atoms with Gasteiger partial charge in [0.1, 0.15) is 5.75 Å². The summed E-state index contributed by atoms with van der Waals surface area (Å²) in [5.41, 5.74) is 6.60. The van der Waals surface area contributed by atoms with Gasteiger partial charge in [0.15, 0.2) is 0 Å². The molecule has 1 atom stereocenters. The molecule has 2 aromatic rings. The summed E-state index contributed by atoms with van der Waals surface area (Å²) in [6.07, 6.45) is 1.71. The predicted octanol–water partition coefficient (Wildman–Crippen LogP) is 2.87. The van der Waals surface area contributed by atoms with E-state index in [1.54, 1.807) is 36.4 Å². The largest absolute Gasteiger partial charge is 0.493 e. The number of benzene rings is 2. The van der Waals surface area contributed by atoms with Gasteiger partial charge in [-0.05, 0) is 19.1 Å². The molecule has 0 saturated carbocycles. The Bertz CT molecular complexity index is 725. The Morgan fingerprint density at radius 2 is 1.75 bits per heavy atom. The van der Waals surface area contributed by atoms with Crippen LogP contribution in [0.25, 0.3) is 6.08 Å². The van der Waals surface area contributed by atoms with Crippen molar-refractivity contribution >= 4 is 18.0 Å². The molecule has 24 heavy (non-hydrogen) atoms. The molecule has 0 heterocycles. The van der Waals surface area contributed by atoms with E-state index in [0.717, 1.165) is 5.56 Å². The highest BCUT2D eigenvalue weighted by Crippen LogP contribution is 2.20. The third-order valence-electron chi connectivity index (χ3n) is 3.21. The quantitative estimate of drug-likeness (QED) is 0.627. The zero-order chi connectivity index (χ0) is 17.4. The Labute approximate surface area is 140 Å². The molecular weight excluding hydrogens is 306 g/mol. The molecule has 0 radical (unpaired) electrons. The Balaban J connectivity index is 2.10. The van der Waals surface area contributed by atoms with Crippen molar-refractivity contribution in [1.82, 2.24) is 0 Å². The lowest BCUT2D eigenvalue weighted by atomic mass is 10.1. The lowest BCUT2D eigenvalue weighted by Gasteiger charge is -2.13. The highest BCUT2D eigenvalue weighted by atomic mass is 16.5. The molecule has 0 aliphatic rings. The van der Waals surface area contributed by atoms with Gasteiger partial charge >= 0.3 is 5.97 Å². The van der Waals surface area contributed by atoms with E-state index in [2.05, 4.69) is 0 Å². The van der Waals surface area contributed by atoms with E-state index in [1.807, 2.05) is 31.2 Å². The van der Waals surface area contributed by atoms with Crippen molar-refractivity contribution < 1.29 is 19.1 Å². The van der Waals surface area contributed by atoms with E-state index in [1.165, 1.54) is 6.08 Å². The smallest absolute Gasteiger partial charge is 0.331 e. The average Bonchev–Trinajstić information content (AvgIpc) is 2.59. The Kier molecular flexibility index (Phi) is 6.14. The van der Waals surface area contributed by atoms with Crippen LogP contribution in [0.5, 0.6) is 5.75 Å². The van der Waals surface area contributed by atoms with Crippen LogP contribution in [0.3, 0.4) is 0 Å². The fraction of sp³-hybridized carbons (Fsp3) is 0.158. The molecule has 0 fully saturated rings. The first-order valence-electron chi connectivity index (χ1n) is 7.56. The van der Waals surface area contributed by atoms with Crippen LogP contribution in [0.1, 0.15) is 24.2 Å². The molecular formula is C19H19NO4. The van der Waals surface area contributed by atoms with Gasteiger partial charge in [-0.25, -0.2) is 4.79 Å². The molecule has 124 valence electrons. The number of amides is 1. The van der Waals surface area contributed by atoms with E-state index in [9.17, 15) is 9.59 Å². The number of nitrogens with two attached hydrogens (primary N) is 1. The molecule has 0 spiro atoms. The normalized spacial score (nSPS) is 11.9. The van der Waals surface area contributed by atoms with Crippen LogP contribution in [0.4, 0.5) is 0 Å². The van der Waals surface area contributed by atoms with Crippen molar-refractivity contribution in [3.63, 3.8) is 0 Å². The van der Waals surface area contributed by atoms with Gasteiger partial charge in [-0.2, -0.15) is 0 Å². The Morgan fingerprint density at radius 3 is 2.42 bits per heavy atom. The molecule has 5 nitrogen and oxygen atoms in total. The number of hydrogen-bond donors (Lipinski definition) is 1. The molecule has 0 bridgehead atoms. The molecule has 2 aromatic carbocycles. The SMILES string of the molecule is CCOc1ccccc1/C=C/C(=O)OC(C(N)=O)c1ccccc1. The van der Waals surface area contributed by atoms with Crippen LogP contribution in [-0.4, -0.2) is 18.5 Å². The molecule has 5 heteroatoms. The van der Waals surface area contributed by atoms with E-state index >= 15 is 0 Å². The van der Waals surface area contributed by atoms with Gasteiger partial charge < -0.3 is 15.2 Å². The standard InChI is InChI=1S/C19H19NO4/c1-2-23-16-11-7-6-8-14(16)12-13-17(21)24-18(19(20)22)15-9-4-3-5-10-15/h3-13,18H,2H2,1H3,(H2,20,22)/b13-12+. The van der Waals surface area contributed by atoms with Crippen molar-refractivity contribution in [2.75, 3.05) is 6.61 Å². The minimum atomic E-state index is -1.12. The minimum absolute atomic E-state index is 0.521. The van der Waals surface area contributed by atoms with Crippen molar-refractivity contribution in [1.29, 1.82) is 0 Å². The first kappa shape index (κ1) is 17.3. The zero-order valence-electron chi connectivity index (χ0n) is 13.3. The third-order valence-corrected chi connectivity index (χ3v) is 3.21. The van der Waals surface area contributed by atoms with E-state index in [0.29, 0.717) is 17.9 Å². The summed E-state index contributed by atoms with van der Waals surface area (Å²) < 4.78 is 10.7. The van der Waals surface area contributed by atoms with Crippen LogP contribution in [0, 0.1) is 0 Å². The average molecular weight is 325 g/mol. The molecule has 2 rings (SSSR count). The number of ether oxygens (including phenoxy) is 2. The van der Waals surface area contributed by atoms with Crippen LogP contribution in [-0.2, 0) is 14.3 Å². The maximum absolute atomic E-state index is 12.0. The first-order valence-corrected chi connectivity index (χ1v) is 7.56. The molecule has 0 aromatic heterocycles. The van der Waals surface area contributed by atoms with Gasteiger partial charge in [0.2, 0.25) is 6.10 Å². The van der Waals surface area contributed by atoms with Gasteiger partial charge in [0.05, 0.1) is 6.61 Å². The topological polar surface area (TPSA) is 78.6 Å². The lowest BCUT2D eigenvalue weighted by molar-refractivity contribution is -0.150. The molecule has 0 aliphatic heterocycles. The number of primary amides is 1. The fourth-order valence-electron chi connectivity index (χ4n) is 2.14. The summed E-state index contributed by atoms with van der Waals surface area (Å²) in [7, 11) is 0. The number of para-hydroxylation sites is 1. The number of hydrogen-bond acceptors (Lipinski definition) is 4. The van der Waals surface area contributed by atoms with Gasteiger partial charge in [-0.1, -0.05) is 48.5 Å².